The second-order valence-corrected chi connectivity index (χ2v) is 9.46. The summed E-state index contributed by atoms with van der Waals surface area (Å²) < 4.78 is 0. The number of nitrogens with zero attached hydrogens (tertiary/aromatic N) is 1. The number of allylic oxidation sites excluding steroid dienone is 3. The van der Waals surface area contributed by atoms with Gasteiger partial charge >= 0.3 is 12.1 Å². The molecule has 3 aromatic rings. The summed E-state index contributed by atoms with van der Waals surface area (Å²) >= 11 is 0. The molecule has 0 bridgehead atoms. The molecule has 0 saturated carbocycles. The number of urea groups is 2. The van der Waals surface area contributed by atoms with Gasteiger partial charge in [-0.05, 0) is 50.3 Å². The van der Waals surface area contributed by atoms with Gasteiger partial charge in [-0.3, -0.25) is 25.1 Å². The van der Waals surface area contributed by atoms with Crippen LogP contribution in [-0.4, -0.2) is 34.3 Å². The Balaban J connectivity index is 1.51. The average molecular weight is 534 g/mol. The van der Waals surface area contributed by atoms with Crippen LogP contribution in [0.5, 0.6) is 0 Å². The molecule has 2 aliphatic heterocycles. The van der Waals surface area contributed by atoms with Crippen LogP contribution in [0.25, 0.3) is 0 Å². The maximum atomic E-state index is 14.2. The third-order valence-corrected chi connectivity index (χ3v) is 6.50. The average Bonchev–Trinajstić information content (AvgIpc) is 3.18. The van der Waals surface area contributed by atoms with Crippen molar-refractivity contribution >= 4 is 35.0 Å². The zero-order chi connectivity index (χ0) is 28.3. The van der Waals surface area contributed by atoms with Crippen molar-refractivity contribution in [2.24, 2.45) is 0 Å². The Kier molecular flexibility index (Phi) is 7.03. The van der Waals surface area contributed by atoms with Crippen LogP contribution in [0.3, 0.4) is 0 Å². The largest absolute Gasteiger partial charge is 0.322 e. The number of ketones is 2. The Morgan fingerprint density at radius 1 is 0.700 bits per heavy atom. The van der Waals surface area contributed by atoms with Crippen molar-refractivity contribution in [1.82, 2.24) is 15.5 Å². The third-order valence-electron chi connectivity index (χ3n) is 6.50. The van der Waals surface area contributed by atoms with Crippen LogP contribution in [0, 0.1) is 13.8 Å². The highest BCUT2D eigenvalue weighted by atomic mass is 16.2. The molecule has 5 rings (SSSR count). The lowest BCUT2D eigenvalue weighted by atomic mass is 9.97. The number of nitrogens with one attached hydrogen (secondary N) is 4. The number of aryl methyl sites for hydroxylation is 2. The lowest BCUT2D eigenvalue weighted by Crippen LogP contribution is -2.71. The van der Waals surface area contributed by atoms with Gasteiger partial charge in [-0.25, -0.2) is 9.59 Å². The van der Waals surface area contributed by atoms with Gasteiger partial charge in [0.2, 0.25) is 5.78 Å². The third kappa shape index (κ3) is 5.12. The number of benzene rings is 3. The summed E-state index contributed by atoms with van der Waals surface area (Å²) in [4.78, 5) is 55.8. The van der Waals surface area contributed by atoms with E-state index in [2.05, 4.69) is 21.3 Å². The standard InChI is InChI=1S/C31H27N5O4/c1-20-11-15-23(16-12-20)32-29(39)34-31(35-30(40)33-24-17-13-21(2)14-18-24)28(38)26(25-10-6-7-19-36(25)31)27(37)22-8-4-3-5-9-22/h3-19H,1-2H3,(H2,32,34,39)(H2,33,35,40). The summed E-state index contributed by atoms with van der Waals surface area (Å²) in [6.07, 6.45) is 6.43. The molecular weight excluding hydrogens is 506 g/mol. The van der Waals surface area contributed by atoms with Gasteiger partial charge in [-0.2, -0.15) is 0 Å². The molecule has 200 valence electrons. The van der Waals surface area contributed by atoms with Gasteiger partial charge < -0.3 is 10.6 Å². The first-order valence-electron chi connectivity index (χ1n) is 12.6. The van der Waals surface area contributed by atoms with E-state index in [1.54, 1.807) is 72.8 Å². The van der Waals surface area contributed by atoms with E-state index in [4.69, 9.17) is 0 Å². The van der Waals surface area contributed by atoms with Crippen molar-refractivity contribution in [1.29, 1.82) is 0 Å². The van der Waals surface area contributed by atoms with E-state index in [-0.39, 0.29) is 11.3 Å². The molecule has 0 radical (unpaired) electrons. The molecule has 0 unspecified atom stereocenters. The van der Waals surface area contributed by atoms with Gasteiger partial charge in [-0.15, -0.1) is 0 Å². The number of hydrogen-bond acceptors (Lipinski definition) is 5. The monoisotopic (exact) mass is 533 g/mol. The molecule has 40 heavy (non-hydrogen) atoms. The van der Waals surface area contributed by atoms with E-state index >= 15 is 0 Å². The van der Waals surface area contributed by atoms with E-state index in [1.807, 2.05) is 38.1 Å². The number of Topliss-reactive ketones (excluding diaryl/α,β-unsaturated/α-hetero) is 2. The van der Waals surface area contributed by atoms with Crippen LogP contribution in [0.1, 0.15) is 21.5 Å². The van der Waals surface area contributed by atoms with Crippen molar-refractivity contribution in [2.75, 3.05) is 10.6 Å². The molecule has 0 aliphatic carbocycles. The highest BCUT2D eigenvalue weighted by Crippen LogP contribution is 2.36. The first-order valence-corrected chi connectivity index (χ1v) is 12.6. The highest BCUT2D eigenvalue weighted by molar-refractivity contribution is 6.31. The summed E-state index contributed by atoms with van der Waals surface area (Å²) in [5, 5.41) is 10.7. The predicted molar refractivity (Wildman–Crippen MR) is 152 cm³/mol. The second-order valence-electron chi connectivity index (χ2n) is 9.46. The molecular formula is C31H27N5O4. The first kappa shape index (κ1) is 26.2. The predicted octanol–water partition coefficient (Wildman–Crippen LogP) is 5.01. The normalized spacial score (nSPS) is 14.9. The fourth-order valence-electron chi connectivity index (χ4n) is 4.49. The zero-order valence-electron chi connectivity index (χ0n) is 21.9. The molecule has 9 heteroatoms. The molecule has 0 fully saturated rings. The van der Waals surface area contributed by atoms with Gasteiger partial charge in [0, 0.05) is 23.1 Å². The number of amides is 4. The number of carbonyl (C=O) groups excluding carboxylic acids is 4. The molecule has 0 atom stereocenters. The van der Waals surface area contributed by atoms with E-state index in [1.165, 1.54) is 11.1 Å². The minimum atomic E-state index is -2.14. The molecule has 0 spiro atoms. The Labute approximate surface area is 231 Å². The van der Waals surface area contributed by atoms with Gasteiger partial charge in [-0.1, -0.05) is 71.8 Å². The van der Waals surface area contributed by atoms with Crippen LogP contribution in [0.15, 0.2) is 115 Å². The lowest BCUT2D eigenvalue weighted by molar-refractivity contribution is -0.124. The topological polar surface area (TPSA) is 120 Å². The molecule has 0 aromatic heterocycles. The van der Waals surface area contributed by atoms with Crippen molar-refractivity contribution in [3.05, 3.63) is 131 Å². The smallest absolute Gasteiger partial charge is 0.308 e. The maximum absolute atomic E-state index is 14.2. The van der Waals surface area contributed by atoms with Gasteiger partial charge in [0.05, 0.1) is 11.3 Å². The van der Waals surface area contributed by atoms with Gasteiger partial charge in [0.15, 0.2) is 5.78 Å². The molecule has 3 aromatic carbocycles. The van der Waals surface area contributed by atoms with Crippen molar-refractivity contribution in [2.45, 2.75) is 19.6 Å². The van der Waals surface area contributed by atoms with Crippen molar-refractivity contribution < 1.29 is 19.2 Å². The Hall–Kier alpha value is -5.44. The first-order chi connectivity index (χ1) is 19.3. The number of anilines is 2. The lowest BCUT2D eigenvalue weighted by Gasteiger charge is -2.38. The fraction of sp³-hybridized carbons (Fsp3) is 0.0968. The molecule has 2 aliphatic rings. The number of hydrogen-bond donors (Lipinski definition) is 4. The summed E-state index contributed by atoms with van der Waals surface area (Å²) in [6.45, 7) is 3.84. The number of carbonyl (C=O) groups is 4. The van der Waals surface area contributed by atoms with Crippen molar-refractivity contribution in [3.63, 3.8) is 0 Å². The van der Waals surface area contributed by atoms with Gasteiger partial charge in [0.25, 0.3) is 5.79 Å². The number of rotatable bonds is 6. The van der Waals surface area contributed by atoms with Gasteiger partial charge in [0.1, 0.15) is 0 Å². The summed E-state index contributed by atoms with van der Waals surface area (Å²) in [7, 11) is 0. The van der Waals surface area contributed by atoms with Crippen LogP contribution in [0.4, 0.5) is 21.0 Å². The SMILES string of the molecule is Cc1ccc(NC(=O)NC2(NC(=O)Nc3ccc(C)cc3)C(=O)C(C(=O)c3ccccc3)=C3C=CC=CN32)cc1. The molecule has 4 amide bonds. The summed E-state index contributed by atoms with van der Waals surface area (Å²) in [5.41, 5.74) is 3.35. The zero-order valence-corrected chi connectivity index (χ0v) is 21.9. The number of fused-ring (bicyclic) bond motifs is 1. The Bertz CT molecular complexity index is 1510. The minimum Gasteiger partial charge on any atom is -0.308 e. The van der Waals surface area contributed by atoms with E-state index < -0.39 is 29.4 Å². The minimum absolute atomic E-state index is 0.168. The second kappa shape index (κ2) is 10.7. The molecule has 2 heterocycles. The van der Waals surface area contributed by atoms with Crippen LogP contribution < -0.4 is 21.3 Å². The summed E-state index contributed by atoms with van der Waals surface area (Å²) in [6, 6.07) is 21.0. The molecule has 4 N–H and O–H groups in total. The highest BCUT2D eigenvalue weighted by Gasteiger charge is 2.56. The molecule has 0 saturated heterocycles. The summed E-state index contributed by atoms with van der Waals surface area (Å²) in [5.74, 6) is -3.46. The van der Waals surface area contributed by atoms with Crippen molar-refractivity contribution in [3.8, 4) is 0 Å². The fourth-order valence-corrected chi connectivity index (χ4v) is 4.49. The van der Waals surface area contributed by atoms with E-state index in [9.17, 15) is 19.2 Å². The van der Waals surface area contributed by atoms with Crippen LogP contribution >= 0.6 is 0 Å². The Morgan fingerprint density at radius 3 is 1.75 bits per heavy atom. The maximum Gasteiger partial charge on any atom is 0.322 e. The van der Waals surface area contributed by atoms with E-state index in [0.717, 1.165) is 11.1 Å². The molecule has 9 nitrogen and oxygen atoms in total. The Morgan fingerprint density at radius 2 is 1.23 bits per heavy atom. The quantitative estimate of drug-likeness (QED) is 0.202. The van der Waals surface area contributed by atoms with Crippen LogP contribution in [0.2, 0.25) is 0 Å². The van der Waals surface area contributed by atoms with Crippen LogP contribution in [-0.2, 0) is 4.79 Å². The van der Waals surface area contributed by atoms with E-state index in [0.29, 0.717) is 16.9 Å².